The van der Waals surface area contributed by atoms with Crippen LogP contribution < -0.4 is 10.6 Å². The fourth-order valence-electron chi connectivity index (χ4n) is 2.28. The van der Waals surface area contributed by atoms with Crippen LogP contribution >= 0.6 is 0 Å². The molecule has 3 N–H and O–H groups in total. The van der Waals surface area contributed by atoms with Gasteiger partial charge in [-0.15, -0.1) is 0 Å². The van der Waals surface area contributed by atoms with Gasteiger partial charge in [-0.3, -0.25) is 0 Å². The molecule has 8 heteroatoms. The van der Waals surface area contributed by atoms with Crippen LogP contribution in [0.2, 0.25) is 0 Å². The molecule has 0 fully saturated rings. The van der Waals surface area contributed by atoms with Gasteiger partial charge < -0.3 is 15.7 Å². The topological polar surface area (TPSA) is 70.1 Å². The highest BCUT2D eigenvalue weighted by molar-refractivity contribution is 5.67. The van der Waals surface area contributed by atoms with Gasteiger partial charge in [-0.2, -0.15) is 4.98 Å². The first-order valence-electron chi connectivity index (χ1n) is 7.78. The van der Waals surface area contributed by atoms with Crippen LogP contribution in [0.25, 0.3) is 11.3 Å². The van der Waals surface area contributed by atoms with Gasteiger partial charge in [0.15, 0.2) is 11.6 Å². The Morgan fingerprint density at radius 1 is 0.923 bits per heavy atom. The standard InChI is InChI=1S/C18H15F3N4O/c19-12-6-7-13(20)17(16(12)21)24-15-10-14(11-4-2-1-3-5-11)23-18(25-15)22-8-9-26/h1-7,10,26H,8-9H2,(H2,22,23,24,25). The normalized spacial score (nSPS) is 10.6. The van der Waals surface area contributed by atoms with E-state index in [1.165, 1.54) is 6.07 Å². The van der Waals surface area contributed by atoms with Crippen LogP contribution in [0.5, 0.6) is 0 Å². The number of benzene rings is 2. The second-order valence-electron chi connectivity index (χ2n) is 5.32. The van der Waals surface area contributed by atoms with Crippen molar-refractivity contribution >= 4 is 17.5 Å². The second-order valence-corrected chi connectivity index (χ2v) is 5.32. The van der Waals surface area contributed by atoms with Crippen molar-refractivity contribution in [3.8, 4) is 11.3 Å². The van der Waals surface area contributed by atoms with E-state index in [9.17, 15) is 13.2 Å². The molecule has 3 rings (SSSR count). The predicted molar refractivity (Wildman–Crippen MR) is 92.6 cm³/mol. The van der Waals surface area contributed by atoms with Crippen LogP contribution in [0.3, 0.4) is 0 Å². The van der Waals surface area contributed by atoms with Gasteiger partial charge in [-0.05, 0) is 12.1 Å². The van der Waals surface area contributed by atoms with E-state index in [1.807, 2.05) is 30.3 Å². The molecule has 3 aromatic rings. The SMILES string of the molecule is OCCNc1nc(Nc2c(F)ccc(F)c2F)cc(-c2ccccc2)n1. The second kappa shape index (κ2) is 7.83. The average molecular weight is 360 g/mol. The quantitative estimate of drug-likeness (QED) is 0.585. The van der Waals surface area contributed by atoms with Crippen LogP contribution in [0.1, 0.15) is 0 Å². The van der Waals surface area contributed by atoms with E-state index in [4.69, 9.17) is 5.11 Å². The van der Waals surface area contributed by atoms with Crippen molar-refractivity contribution in [1.82, 2.24) is 9.97 Å². The van der Waals surface area contributed by atoms with Crippen molar-refractivity contribution in [1.29, 1.82) is 0 Å². The Kier molecular flexibility index (Phi) is 5.33. The number of rotatable bonds is 6. The van der Waals surface area contributed by atoms with Gasteiger partial charge in [0, 0.05) is 18.2 Å². The van der Waals surface area contributed by atoms with Crippen molar-refractivity contribution in [2.24, 2.45) is 0 Å². The van der Waals surface area contributed by atoms with Gasteiger partial charge in [0.2, 0.25) is 5.95 Å². The van der Waals surface area contributed by atoms with Crippen LogP contribution in [0.15, 0.2) is 48.5 Å². The zero-order valence-corrected chi connectivity index (χ0v) is 13.5. The molecule has 0 bridgehead atoms. The third-order valence-electron chi connectivity index (χ3n) is 3.49. The summed E-state index contributed by atoms with van der Waals surface area (Å²) in [5.74, 6) is -3.24. The lowest BCUT2D eigenvalue weighted by atomic mass is 10.1. The van der Waals surface area contributed by atoms with Crippen LogP contribution in [-0.4, -0.2) is 28.2 Å². The summed E-state index contributed by atoms with van der Waals surface area (Å²) in [5, 5.41) is 14.2. The number of hydrogen-bond acceptors (Lipinski definition) is 5. The van der Waals surface area contributed by atoms with Gasteiger partial charge in [-0.1, -0.05) is 30.3 Å². The minimum absolute atomic E-state index is 0.0719. The summed E-state index contributed by atoms with van der Waals surface area (Å²) >= 11 is 0. The van der Waals surface area contributed by atoms with Gasteiger partial charge in [0.25, 0.3) is 0 Å². The Hall–Kier alpha value is -3.13. The number of nitrogens with one attached hydrogen (secondary N) is 2. The molecule has 0 atom stereocenters. The number of aliphatic hydroxyl groups is 1. The van der Waals surface area contributed by atoms with E-state index in [-0.39, 0.29) is 24.9 Å². The molecule has 0 amide bonds. The van der Waals surface area contributed by atoms with Gasteiger partial charge in [0.1, 0.15) is 17.3 Å². The van der Waals surface area contributed by atoms with Gasteiger partial charge in [-0.25, -0.2) is 18.2 Å². The summed E-state index contributed by atoms with van der Waals surface area (Å²) in [7, 11) is 0. The smallest absolute Gasteiger partial charge is 0.225 e. The largest absolute Gasteiger partial charge is 0.395 e. The molecule has 1 aromatic heterocycles. The predicted octanol–water partition coefficient (Wildman–Crippen LogP) is 3.71. The van der Waals surface area contributed by atoms with Crippen molar-refractivity contribution < 1.29 is 18.3 Å². The maximum Gasteiger partial charge on any atom is 0.225 e. The van der Waals surface area contributed by atoms with Crippen LogP contribution in [-0.2, 0) is 0 Å². The molecule has 2 aromatic carbocycles. The average Bonchev–Trinajstić information content (AvgIpc) is 2.67. The summed E-state index contributed by atoms with van der Waals surface area (Å²) in [5.41, 5.74) is 0.599. The summed E-state index contributed by atoms with van der Waals surface area (Å²) in [6, 6.07) is 12.1. The Bertz CT molecular complexity index is 906. The molecular formula is C18H15F3N4O. The zero-order valence-electron chi connectivity index (χ0n) is 13.5. The Labute approximate surface area is 147 Å². The third-order valence-corrected chi connectivity index (χ3v) is 3.49. The molecule has 0 radical (unpaired) electrons. The van der Waals surface area contributed by atoms with Gasteiger partial charge in [0.05, 0.1) is 12.3 Å². The number of aromatic nitrogens is 2. The van der Waals surface area contributed by atoms with E-state index in [0.717, 1.165) is 11.6 Å². The van der Waals surface area contributed by atoms with E-state index >= 15 is 0 Å². The highest BCUT2D eigenvalue weighted by atomic mass is 19.2. The maximum absolute atomic E-state index is 13.9. The molecule has 134 valence electrons. The third kappa shape index (κ3) is 3.92. The fourth-order valence-corrected chi connectivity index (χ4v) is 2.28. The van der Waals surface area contributed by atoms with Crippen molar-refractivity contribution in [3.05, 3.63) is 66.0 Å². The molecule has 0 saturated carbocycles. The molecule has 0 aliphatic rings. The Balaban J connectivity index is 2.02. The Morgan fingerprint density at radius 2 is 1.65 bits per heavy atom. The highest BCUT2D eigenvalue weighted by Gasteiger charge is 2.15. The summed E-state index contributed by atoms with van der Waals surface area (Å²) in [6.45, 7) is 0.0508. The van der Waals surface area contributed by atoms with Crippen molar-refractivity contribution in [2.75, 3.05) is 23.8 Å². The number of anilines is 3. The number of nitrogens with zero attached hydrogens (tertiary/aromatic N) is 2. The summed E-state index contributed by atoms with van der Waals surface area (Å²) in [6.07, 6.45) is 0. The highest BCUT2D eigenvalue weighted by Crippen LogP contribution is 2.27. The first-order valence-corrected chi connectivity index (χ1v) is 7.78. The monoisotopic (exact) mass is 360 g/mol. The fraction of sp³-hybridized carbons (Fsp3) is 0.111. The van der Waals surface area contributed by atoms with Crippen molar-refractivity contribution in [2.45, 2.75) is 0 Å². The van der Waals surface area contributed by atoms with E-state index in [1.54, 1.807) is 0 Å². The molecule has 0 spiro atoms. The minimum atomic E-state index is -1.34. The maximum atomic E-state index is 13.9. The lowest BCUT2D eigenvalue weighted by molar-refractivity contribution is 0.311. The number of aliphatic hydroxyl groups excluding tert-OH is 1. The summed E-state index contributed by atoms with van der Waals surface area (Å²) in [4.78, 5) is 8.41. The first kappa shape index (κ1) is 17.7. The Morgan fingerprint density at radius 3 is 2.38 bits per heavy atom. The first-order chi connectivity index (χ1) is 12.6. The van der Waals surface area contributed by atoms with Gasteiger partial charge >= 0.3 is 0 Å². The van der Waals surface area contributed by atoms with Crippen LogP contribution in [0.4, 0.5) is 30.6 Å². The lowest BCUT2D eigenvalue weighted by Gasteiger charge is -2.12. The molecule has 0 aliphatic heterocycles. The molecule has 0 unspecified atom stereocenters. The molecule has 0 saturated heterocycles. The molecular weight excluding hydrogens is 345 g/mol. The zero-order chi connectivity index (χ0) is 18.5. The summed E-state index contributed by atoms with van der Waals surface area (Å²) < 4.78 is 41.2. The van der Waals surface area contributed by atoms with E-state index in [0.29, 0.717) is 11.8 Å². The minimum Gasteiger partial charge on any atom is -0.395 e. The van der Waals surface area contributed by atoms with Crippen molar-refractivity contribution in [3.63, 3.8) is 0 Å². The molecule has 5 nitrogen and oxygen atoms in total. The van der Waals surface area contributed by atoms with E-state index in [2.05, 4.69) is 20.6 Å². The molecule has 0 aliphatic carbocycles. The van der Waals surface area contributed by atoms with E-state index < -0.39 is 23.1 Å². The molecule has 26 heavy (non-hydrogen) atoms. The lowest BCUT2D eigenvalue weighted by Crippen LogP contribution is -2.10. The van der Waals surface area contributed by atoms with Crippen LogP contribution in [0, 0.1) is 17.5 Å². The number of halogens is 3. The number of hydrogen-bond donors (Lipinski definition) is 3. The molecule has 1 heterocycles.